The molecule has 0 bridgehead atoms. The fourth-order valence-corrected chi connectivity index (χ4v) is 6.39. The maximum Gasteiger partial charge on any atom is 0.0992 e. The molecule has 3 nitrogen and oxygen atoms in total. The second kappa shape index (κ2) is 10.6. The molecule has 0 radical (unpaired) electrons. The Balaban J connectivity index is 1.30. The quantitative estimate of drug-likeness (QED) is 0.209. The number of hydrogen-bond donors (Lipinski definition) is 0. The molecule has 0 aliphatic rings. The van der Waals surface area contributed by atoms with Crippen molar-refractivity contribution >= 4 is 49.6 Å². The van der Waals surface area contributed by atoms with Crippen LogP contribution in [0.4, 0.5) is 17.1 Å². The second-order valence-corrected chi connectivity index (χ2v) is 11.0. The lowest BCUT2D eigenvalue weighted by atomic mass is 9.96. The minimum Gasteiger partial charge on any atom is -0.310 e. The average molecular weight is 562 g/mol. The highest BCUT2D eigenvalue weighted by Crippen LogP contribution is 2.39. The van der Waals surface area contributed by atoms with Gasteiger partial charge in [0, 0.05) is 33.5 Å². The van der Waals surface area contributed by atoms with Crippen LogP contribution >= 0.6 is 0 Å². The van der Waals surface area contributed by atoms with Gasteiger partial charge in [0.15, 0.2) is 0 Å². The molecule has 0 aliphatic carbocycles. The first-order valence-corrected chi connectivity index (χ1v) is 14.8. The van der Waals surface area contributed by atoms with E-state index in [1.54, 1.807) is 0 Å². The molecule has 3 heteroatoms. The molecule has 1 heterocycles. The average Bonchev–Trinajstić information content (AvgIpc) is 3.43. The Kier molecular flexibility index (Phi) is 6.18. The molecule has 0 fully saturated rings. The van der Waals surface area contributed by atoms with Crippen molar-refractivity contribution < 1.29 is 0 Å². The van der Waals surface area contributed by atoms with Crippen molar-refractivity contribution in [1.82, 2.24) is 4.57 Å². The number of fused-ring (bicyclic) bond motifs is 4. The summed E-state index contributed by atoms with van der Waals surface area (Å²) in [6.45, 7) is 0. The van der Waals surface area contributed by atoms with Gasteiger partial charge in [0.05, 0.1) is 22.7 Å². The fraction of sp³-hybridized carbons (Fsp3) is 0. The molecule has 0 amide bonds. The monoisotopic (exact) mass is 561 g/mol. The van der Waals surface area contributed by atoms with Gasteiger partial charge >= 0.3 is 0 Å². The molecule has 8 aromatic rings. The van der Waals surface area contributed by atoms with E-state index in [9.17, 15) is 5.26 Å². The lowest BCUT2D eigenvalue weighted by Gasteiger charge is -2.26. The number of nitriles is 1. The Hall–Kier alpha value is -6.11. The van der Waals surface area contributed by atoms with Crippen LogP contribution < -0.4 is 4.90 Å². The number of nitrogens with zero attached hydrogens (tertiary/aromatic N) is 3. The largest absolute Gasteiger partial charge is 0.310 e. The third kappa shape index (κ3) is 4.29. The maximum atomic E-state index is 9.57. The van der Waals surface area contributed by atoms with Crippen LogP contribution in [0.2, 0.25) is 0 Å². The van der Waals surface area contributed by atoms with Gasteiger partial charge in [-0.3, -0.25) is 0 Å². The molecule has 7 aromatic carbocycles. The van der Waals surface area contributed by atoms with E-state index >= 15 is 0 Å². The first-order chi connectivity index (χ1) is 21.8. The number of benzene rings is 7. The highest BCUT2D eigenvalue weighted by Gasteiger charge is 2.16. The van der Waals surface area contributed by atoms with Crippen LogP contribution in [0.3, 0.4) is 0 Å². The Labute approximate surface area is 256 Å². The summed E-state index contributed by atoms with van der Waals surface area (Å²) >= 11 is 0. The molecular weight excluding hydrogens is 534 g/mol. The molecule has 0 spiro atoms. The molecule has 8 rings (SSSR count). The zero-order valence-electron chi connectivity index (χ0n) is 23.9. The minimum atomic E-state index is 0.633. The molecule has 44 heavy (non-hydrogen) atoms. The summed E-state index contributed by atoms with van der Waals surface area (Å²) in [5.41, 5.74) is 9.50. The van der Waals surface area contributed by atoms with Gasteiger partial charge in [0.2, 0.25) is 0 Å². The topological polar surface area (TPSA) is 32.0 Å². The summed E-state index contributed by atoms with van der Waals surface area (Å²) in [6, 6.07) is 59.6. The first-order valence-electron chi connectivity index (χ1n) is 14.8. The number of aromatic nitrogens is 1. The van der Waals surface area contributed by atoms with E-state index in [2.05, 4.69) is 137 Å². The smallest absolute Gasteiger partial charge is 0.0992 e. The summed E-state index contributed by atoms with van der Waals surface area (Å²) in [5, 5.41) is 14.5. The van der Waals surface area contributed by atoms with Gasteiger partial charge in [-0.1, -0.05) is 97.1 Å². The summed E-state index contributed by atoms with van der Waals surface area (Å²) in [6.07, 6.45) is 0. The first kappa shape index (κ1) is 25.6. The van der Waals surface area contributed by atoms with E-state index < -0.39 is 0 Å². The van der Waals surface area contributed by atoms with Crippen LogP contribution in [-0.4, -0.2) is 4.57 Å². The van der Waals surface area contributed by atoms with Gasteiger partial charge in [-0.15, -0.1) is 0 Å². The SMILES string of the molecule is N#Cc1cccc(N(c2ccccc2)c2ccc(-c3cc(-n4c5ccccc5c5ccccc54)cc4ccccc34)cc2)c1. The third-order valence-corrected chi connectivity index (χ3v) is 8.37. The summed E-state index contributed by atoms with van der Waals surface area (Å²) in [4.78, 5) is 2.19. The van der Waals surface area contributed by atoms with Crippen molar-refractivity contribution in [3.05, 3.63) is 169 Å². The highest BCUT2D eigenvalue weighted by molar-refractivity contribution is 6.10. The molecule has 1 aromatic heterocycles. The van der Waals surface area contributed by atoms with E-state index in [0.717, 1.165) is 28.3 Å². The molecule has 0 aliphatic heterocycles. The van der Waals surface area contributed by atoms with E-state index in [1.165, 1.54) is 38.1 Å². The number of rotatable bonds is 5. The Morgan fingerprint density at radius 3 is 1.77 bits per heavy atom. The van der Waals surface area contributed by atoms with Gasteiger partial charge in [-0.25, -0.2) is 0 Å². The van der Waals surface area contributed by atoms with Crippen LogP contribution in [0, 0.1) is 11.3 Å². The van der Waals surface area contributed by atoms with Crippen molar-refractivity contribution in [1.29, 1.82) is 5.26 Å². The van der Waals surface area contributed by atoms with Gasteiger partial charge < -0.3 is 9.47 Å². The zero-order chi connectivity index (χ0) is 29.5. The van der Waals surface area contributed by atoms with E-state index in [4.69, 9.17) is 0 Å². The lowest BCUT2D eigenvalue weighted by Crippen LogP contribution is -2.09. The van der Waals surface area contributed by atoms with Crippen molar-refractivity contribution in [3.63, 3.8) is 0 Å². The van der Waals surface area contributed by atoms with Gasteiger partial charge in [-0.2, -0.15) is 5.26 Å². The van der Waals surface area contributed by atoms with Crippen molar-refractivity contribution in [2.24, 2.45) is 0 Å². The molecule has 0 saturated heterocycles. The van der Waals surface area contributed by atoms with E-state index in [-0.39, 0.29) is 0 Å². The molecule has 0 atom stereocenters. The van der Waals surface area contributed by atoms with Crippen LogP contribution in [0.1, 0.15) is 5.56 Å². The maximum absolute atomic E-state index is 9.57. The van der Waals surface area contributed by atoms with E-state index in [1.807, 2.05) is 42.5 Å². The number of para-hydroxylation sites is 3. The predicted octanol–water partition coefficient (Wildman–Crippen LogP) is 10.9. The number of anilines is 3. The second-order valence-electron chi connectivity index (χ2n) is 11.0. The Morgan fingerprint density at radius 1 is 0.477 bits per heavy atom. The molecular formula is C41H27N3. The molecule has 0 N–H and O–H groups in total. The number of hydrogen-bond acceptors (Lipinski definition) is 2. The summed E-state index contributed by atoms with van der Waals surface area (Å²) < 4.78 is 2.38. The van der Waals surface area contributed by atoms with Gasteiger partial charge in [0.1, 0.15) is 0 Å². The normalized spacial score (nSPS) is 11.2. The molecule has 206 valence electrons. The van der Waals surface area contributed by atoms with Crippen LogP contribution in [0.15, 0.2) is 164 Å². The standard InChI is InChI=1S/C41H27N3/c42-28-29-11-10-15-34(25-29)43(32-13-2-1-3-14-32)33-23-21-30(22-24-33)39-27-35(26-31-12-4-5-16-36(31)39)44-40-19-8-6-17-37(40)38-18-7-9-20-41(38)44/h1-27H. The Bertz CT molecular complexity index is 2290. The van der Waals surface area contributed by atoms with Crippen LogP contribution in [0.5, 0.6) is 0 Å². The molecule has 0 unspecified atom stereocenters. The molecule has 0 saturated carbocycles. The fourth-order valence-electron chi connectivity index (χ4n) is 6.39. The summed E-state index contributed by atoms with van der Waals surface area (Å²) in [5.74, 6) is 0. The predicted molar refractivity (Wildman–Crippen MR) is 183 cm³/mol. The van der Waals surface area contributed by atoms with Crippen molar-refractivity contribution in [2.75, 3.05) is 4.90 Å². The van der Waals surface area contributed by atoms with Gasteiger partial charge in [-0.05, 0) is 88.6 Å². The van der Waals surface area contributed by atoms with Gasteiger partial charge in [0.25, 0.3) is 0 Å². The van der Waals surface area contributed by atoms with Crippen LogP contribution in [-0.2, 0) is 0 Å². The Morgan fingerprint density at radius 2 is 1.07 bits per heavy atom. The lowest BCUT2D eigenvalue weighted by molar-refractivity contribution is 1.19. The minimum absolute atomic E-state index is 0.633. The zero-order valence-corrected chi connectivity index (χ0v) is 23.9. The van der Waals surface area contributed by atoms with Crippen LogP contribution in [0.25, 0.3) is 49.4 Å². The van der Waals surface area contributed by atoms with Crippen molar-refractivity contribution in [3.8, 4) is 22.9 Å². The summed E-state index contributed by atoms with van der Waals surface area (Å²) in [7, 11) is 0. The van der Waals surface area contributed by atoms with Crippen molar-refractivity contribution in [2.45, 2.75) is 0 Å². The van der Waals surface area contributed by atoms with E-state index in [0.29, 0.717) is 5.56 Å². The third-order valence-electron chi connectivity index (χ3n) is 8.37. The highest BCUT2D eigenvalue weighted by atomic mass is 15.1.